The van der Waals surface area contributed by atoms with Crippen LogP contribution >= 0.6 is 0 Å². The molecule has 0 spiro atoms. The van der Waals surface area contributed by atoms with Crippen LogP contribution in [0.3, 0.4) is 0 Å². The molecule has 0 atom stereocenters. The molecule has 7 heteroatoms. The van der Waals surface area contributed by atoms with Crippen LogP contribution in [0.25, 0.3) is 11.2 Å². The summed E-state index contributed by atoms with van der Waals surface area (Å²) in [7, 11) is 3.16. The molecule has 2 heterocycles. The predicted molar refractivity (Wildman–Crippen MR) is 102 cm³/mol. The molecule has 0 radical (unpaired) electrons. The zero-order valence-corrected chi connectivity index (χ0v) is 15.1. The molecule has 0 unspecified atom stereocenters. The fourth-order valence-corrected chi connectivity index (χ4v) is 3.73. The Morgan fingerprint density at radius 1 is 1.08 bits per heavy atom. The van der Waals surface area contributed by atoms with Crippen LogP contribution in [-0.4, -0.2) is 24.7 Å². The molecule has 1 aliphatic rings. The standard InChI is InChI=1S/C19H23N5O2/c1-22-16-15(17(25)23(2)19(22)26)24(12-13-8-4-3-5-9-13)18(21-16)20-14-10-6-7-11-14/h3-5,8-9,14H,6-7,10-12H2,1-2H3,(H,20,21). The molecular formula is C19H23N5O2. The van der Waals surface area contributed by atoms with Crippen molar-refractivity contribution in [2.75, 3.05) is 5.32 Å². The number of nitrogens with zero attached hydrogens (tertiary/aromatic N) is 4. The van der Waals surface area contributed by atoms with E-state index in [4.69, 9.17) is 0 Å². The Bertz CT molecular complexity index is 1060. The molecule has 2 aromatic heterocycles. The van der Waals surface area contributed by atoms with Crippen LogP contribution in [0.15, 0.2) is 39.9 Å². The fourth-order valence-electron chi connectivity index (χ4n) is 3.73. The minimum Gasteiger partial charge on any atom is -0.353 e. The van der Waals surface area contributed by atoms with Crippen LogP contribution in [-0.2, 0) is 20.6 Å². The lowest BCUT2D eigenvalue weighted by Crippen LogP contribution is -2.37. The van der Waals surface area contributed by atoms with Crippen molar-refractivity contribution in [3.8, 4) is 0 Å². The highest BCUT2D eigenvalue weighted by Gasteiger charge is 2.22. The second-order valence-electron chi connectivity index (χ2n) is 7.01. The van der Waals surface area contributed by atoms with E-state index in [1.807, 2.05) is 34.9 Å². The lowest BCUT2D eigenvalue weighted by Gasteiger charge is -2.15. The third-order valence-corrected chi connectivity index (χ3v) is 5.22. The summed E-state index contributed by atoms with van der Waals surface area (Å²) >= 11 is 0. The van der Waals surface area contributed by atoms with Gasteiger partial charge in [-0.05, 0) is 18.4 Å². The number of fused-ring (bicyclic) bond motifs is 1. The average Bonchev–Trinajstić information content (AvgIpc) is 3.28. The smallest absolute Gasteiger partial charge is 0.332 e. The first-order valence-corrected chi connectivity index (χ1v) is 9.03. The Balaban J connectivity index is 1.92. The molecule has 1 N–H and O–H groups in total. The number of aromatic nitrogens is 4. The Morgan fingerprint density at radius 3 is 2.46 bits per heavy atom. The molecule has 4 rings (SSSR count). The van der Waals surface area contributed by atoms with E-state index in [-0.39, 0.29) is 11.2 Å². The van der Waals surface area contributed by atoms with E-state index in [9.17, 15) is 9.59 Å². The van der Waals surface area contributed by atoms with Gasteiger partial charge < -0.3 is 5.32 Å². The van der Waals surface area contributed by atoms with E-state index in [0.29, 0.717) is 29.7 Å². The van der Waals surface area contributed by atoms with Crippen molar-refractivity contribution in [2.45, 2.75) is 38.3 Å². The number of imidazole rings is 1. The largest absolute Gasteiger partial charge is 0.353 e. The van der Waals surface area contributed by atoms with E-state index in [2.05, 4.69) is 10.3 Å². The number of hydrogen-bond acceptors (Lipinski definition) is 4. The summed E-state index contributed by atoms with van der Waals surface area (Å²) < 4.78 is 4.49. The molecule has 0 aliphatic heterocycles. The minimum absolute atomic E-state index is 0.314. The lowest BCUT2D eigenvalue weighted by molar-refractivity contribution is 0.700. The molecule has 0 saturated heterocycles. The van der Waals surface area contributed by atoms with Crippen LogP contribution < -0.4 is 16.6 Å². The van der Waals surface area contributed by atoms with Crippen molar-refractivity contribution >= 4 is 17.1 Å². The van der Waals surface area contributed by atoms with E-state index in [0.717, 1.165) is 23.0 Å². The second-order valence-corrected chi connectivity index (χ2v) is 7.01. The third kappa shape index (κ3) is 2.73. The average molecular weight is 353 g/mol. The molecule has 1 aliphatic carbocycles. The van der Waals surface area contributed by atoms with E-state index < -0.39 is 0 Å². The van der Waals surface area contributed by atoms with Crippen molar-refractivity contribution < 1.29 is 0 Å². The molecule has 0 amide bonds. The third-order valence-electron chi connectivity index (χ3n) is 5.22. The van der Waals surface area contributed by atoms with Crippen molar-refractivity contribution in [1.82, 2.24) is 18.7 Å². The SMILES string of the molecule is Cn1c(=O)c2c(nc(NC3CCCC3)n2Cc2ccccc2)n(C)c1=O. The normalized spacial score (nSPS) is 15.0. The Morgan fingerprint density at radius 2 is 1.77 bits per heavy atom. The van der Waals surface area contributed by atoms with Gasteiger partial charge in [0.15, 0.2) is 11.2 Å². The fraction of sp³-hybridized carbons (Fsp3) is 0.421. The van der Waals surface area contributed by atoms with Crippen molar-refractivity contribution in [3.05, 3.63) is 56.7 Å². The molecule has 136 valence electrons. The van der Waals surface area contributed by atoms with E-state index in [1.54, 1.807) is 7.05 Å². The molecule has 1 fully saturated rings. The zero-order chi connectivity index (χ0) is 18.3. The monoisotopic (exact) mass is 353 g/mol. The Labute approximate surface area is 150 Å². The summed E-state index contributed by atoms with van der Waals surface area (Å²) in [6.45, 7) is 0.528. The highest BCUT2D eigenvalue weighted by molar-refractivity contribution is 5.74. The number of aryl methyl sites for hydroxylation is 1. The summed E-state index contributed by atoms with van der Waals surface area (Å²) in [6, 6.07) is 10.3. The highest BCUT2D eigenvalue weighted by atomic mass is 16.2. The maximum atomic E-state index is 12.8. The van der Waals surface area contributed by atoms with Crippen LogP contribution in [0.2, 0.25) is 0 Å². The first-order chi connectivity index (χ1) is 12.6. The summed E-state index contributed by atoms with van der Waals surface area (Å²) in [5.41, 5.74) is 1.29. The van der Waals surface area contributed by atoms with E-state index >= 15 is 0 Å². The van der Waals surface area contributed by atoms with Gasteiger partial charge in [0.2, 0.25) is 5.95 Å². The number of rotatable bonds is 4. The van der Waals surface area contributed by atoms with Crippen molar-refractivity contribution in [3.63, 3.8) is 0 Å². The number of benzene rings is 1. The van der Waals surface area contributed by atoms with Gasteiger partial charge >= 0.3 is 5.69 Å². The van der Waals surface area contributed by atoms with Gasteiger partial charge in [-0.2, -0.15) is 4.98 Å². The van der Waals surface area contributed by atoms with Gasteiger partial charge in [0, 0.05) is 20.1 Å². The number of anilines is 1. The number of nitrogens with one attached hydrogen (secondary N) is 1. The molecule has 7 nitrogen and oxygen atoms in total. The van der Waals surface area contributed by atoms with Gasteiger partial charge in [-0.3, -0.25) is 18.5 Å². The van der Waals surface area contributed by atoms with Gasteiger partial charge in [-0.25, -0.2) is 4.79 Å². The van der Waals surface area contributed by atoms with Gasteiger partial charge in [-0.15, -0.1) is 0 Å². The summed E-state index contributed by atoms with van der Waals surface area (Å²) in [5.74, 6) is 0.661. The molecule has 1 aromatic carbocycles. The summed E-state index contributed by atoms with van der Waals surface area (Å²) in [6.07, 6.45) is 4.62. The molecule has 3 aromatic rings. The maximum absolute atomic E-state index is 12.8. The Kier molecular flexibility index (Phi) is 4.14. The molecule has 1 saturated carbocycles. The maximum Gasteiger partial charge on any atom is 0.332 e. The topological polar surface area (TPSA) is 73.8 Å². The van der Waals surface area contributed by atoms with Gasteiger partial charge in [0.05, 0.1) is 6.54 Å². The van der Waals surface area contributed by atoms with Gasteiger partial charge in [0.25, 0.3) is 5.56 Å². The highest BCUT2D eigenvalue weighted by Crippen LogP contribution is 2.24. The van der Waals surface area contributed by atoms with Crippen molar-refractivity contribution in [2.24, 2.45) is 14.1 Å². The molecule has 0 bridgehead atoms. The number of hydrogen-bond donors (Lipinski definition) is 1. The first-order valence-electron chi connectivity index (χ1n) is 9.03. The minimum atomic E-state index is -0.362. The van der Waals surface area contributed by atoms with Crippen LogP contribution in [0.5, 0.6) is 0 Å². The quantitative estimate of drug-likeness (QED) is 0.777. The van der Waals surface area contributed by atoms with Crippen LogP contribution in [0.4, 0.5) is 5.95 Å². The summed E-state index contributed by atoms with van der Waals surface area (Å²) in [5, 5.41) is 3.50. The second kappa shape index (κ2) is 6.48. The van der Waals surface area contributed by atoms with Crippen LogP contribution in [0.1, 0.15) is 31.2 Å². The van der Waals surface area contributed by atoms with Gasteiger partial charge in [-0.1, -0.05) is 43.2 Å². The van der Waals surface area contributed by atoms with Gasteiger partial charge in [0.1, 0.15) is 0 Å². The predicted octanol–water partition coefficient (Wildman–Crippen LogP) is 1.84. The lowest BCUT2D eigenvalue weighted by atomic mass is 10.2. The van der Waals surface area contributed by atoms with Crippen LogP contribution in [0, 0.1) is 0 Å². The van der Waals surface area contributed by atoms with E-state index in [1.165, 1.54) is 24.5 Å². The Hall–Kier alpha value is -2.83. The molecular weight excluding hydrogens is 330 g/mol. The zero-order valence-electron chi connectivity index (χ0n) is 15.1. The van der Waals surface area contributed by atoms with Crippen molar-refractivity contribution in [1.29, 1.82) is 0 Å². The first kappa shape index (κ1) is 16.6. The molecule has 26 heavy (non-hydrogen) atoms. The summed E-state index contributed by atoms with van der Waals surface area (Å²) in [4.78, 5) is 29.7.